The Balaban J connectivity index is 2.19. The van der Waals surface area contributed by atoms with E-state index in [-0.39, 0.29) is 18.6 Å². The third-order valence-corrected chi connectivity index (χ3v) is 3.74. The molecule has 2 aromatic rings. The number of rotatable bonds is 7. The molecule has 1 aromatic heterocycles. The Kier molecular flexibility index (Phi) is 6.35. The maximum atomic E-state index is 11.8. The minimum Gasteiger partial charge on any atom is -0.483 e. The zero-order valence-electron chi connectivity index (χ0n) is 14.7. The number of amides is 1. The highest BCUT2D eigenvalue weighted by Crippen LogP contribution is 2.29. The predicted molar refractivity (Wildman–Crippen MR) is 96.2 cm³/mol. The Morgan fingerprint density at radius 3 is 2.72 bits per heavy atom. The van der Waals surface area contributed by atoms with Crippen molar-refractivity contribution in [2.24, 2.45) is 0 Å². The number of hydrogen-bond donors (Lipinski definition) is 1. The highest BCUT2D eigenvalue weighted by atomic mass is 16.5. The van der Waals surface area contributed by atoms with Gasteiger partial charge in [-0.3, -0.25) is 4.79 Å². The molecule has 6 nitrogen and oxygen atoms in total. The Morgan fingerprint density at radius 2 is 2.04 bits per heavy atom. The van der Waals surface area contributed by atoms with Crippen LogP contribution in [0.1, 0.15) is 30.6 Å². The Hall–Kier alpha value is -3.07. The highest BCUT2D eigenvalue weighted by Gasteiger charge is 2.16. The summed E-state index contributed by atoms with van der Waals surface area (Å²) in [5, 5.41) is 12.3. The number of nitrogens with one attached hydrogen (secondary N) is 1. The standard InChI is InChI=1S/C19H22N4O2/c1-4-16(22-18-11-7-8-14(12-20)21-18)15-9-5-6-10-17(15)25-13-19(24)23(2)3/h5-11,16H,4,13H2,1-3H3,(H,21,22)/t16-/m0/s1. The molecule has 0 fully saturated rings. The molecule has 1 aromatic carbocycles. The van der Waals surface area contributed by atoms with Gasteiger partial charge in [0.05, 0.1) is 6.04 Å². The smallest absolute Gasteiger partial charge is 0.259 e. The van der Waals surface area contributed by atoms with Crippen LogP contribution in [0, 0.1) is 11.3 Å². The summed E-state index contributed by atoms with van der Waals surface area (Å²) in [6.07, 6.45) is 0.792. The minimum absolute atomic E-state index is 0.0113. The molecule has 1 amide bonds. The van der Waals surface area contributed by atoms with E-state index in [1.165, 1.54) is 4.90 Å². The van der Waals surface area contributed by atoms with Crippen molar-refractivity contribution in [3.63, 3.8) is 0 Å². The normalized spacial score (nSPS) is 11.3. The number of hydrogen-bond acceptors (Lipinski definition) is 5. The van der Waals surface area contributed by atoms with Crippen LogP contribution in [0.25, 0.3) is 0 Å². The number of anilines is 1. The lowest BCUT2D eigenvalue weighted by molar-refractivity contribution is -0.130. The first-order valence-corrected chi connectivity index (χ1v) is 8.10. The van der Waals surface area contributed by atoms with E-state index in [9.17, 15) is 4.79 Å². The third-order valence-electron chi connectivity index (χ3n) is 3.74. The summed E-state index contributed by atoms with van der Waals surface area (Å²) in [6, 6.07) is 14.9. The lowest BCUT2D eigenvalue weighted by Crippen LogP contribution is -2.28. The van der Waals surface area contributed by atoms with Gasteiger partial charge in [-0.15, -0.1) is 0 Å². The molecule has 130 valence electrons. The van der Waals surface area contributed by atoms with Gasteiger partial charge in [0.25, 0.3) is 5.91 Å². The molecule has 1 atom stereocenters. The largest absolute Gasteiger partial charge is 0.483 e. The molecule has 0 aliphatic heterocycles. The molecule has 6 heteroatoms. The first-order chi connectivity index (χ1) is 12.0. The van der Waals surface area contributed by atoms with Gasteiger partial charge in [0, 0.05) is 19.7 Å². The van der Waals surface area contributed by atoms with E-state index in [1.54, 1.807) is 26.2 Å². The monoisotopic (exact) mass is 338 g/mol. The van der Waals surface area contributed by atoms with Crippen LogP contribution in [0.3, 0.4) is 0 Å². The quantitative estimate of drug-likeness (QED) is 0.840. The van der Waals surface area contributed by atoms with Gasteiger partial charge in [-0.1, -0.05) is 31.2 Å². The van der Waals surface area contributed by atoms with Crippen LogP contribution < -0.4 is 10.1 Å². The Morgan fingerprint density at radius 1 is 1.28 bits per heavy atom. The SMILES string of the molecule is CC[C@H](Nc1cccc(C#N)n1)c1ccccc1OCC(=O)N(C)C. The number of aromatic nitrogens is 1. The van der Waals surface area contributed by atoms with Crippen molar-refractivity contribution in [1.29, 1.82) is 5.26 Å². The Labute approximate surface area is 148 Å². The molecule has 0 radical (unpaired) electrons. The van der Waals surface area contributed by atoms with Gasteiger partial charge in [-0.25, -0.2) is 4.98 Å². The number of nitriles is 1. The number of pyridine rings is 1. The van der Waals surface area contributed by atoms with Gasteiger partial charge < -0.3 is 15.0 Å². The molecular weight excluding hydrogens is 316 g/mol. The van der Waals surface area contributed by atoms with E-state index in [2.05, 4.69) is 10.3 Å². The number of para-hydroxylation sites is 1. The van der Waals surface area contributed by atoms with E-state index in [1.807, 2.05) is 43.3 Å². The highest BCUT2D eigenvalue weighted by molar-refractivity contribution is 5.77. The zero-order chi connectivity index (χ0) is 18.2. The molecule has 0 saturated heterocycles. The molecule has 0 bridgehead atoms. The molecule has 0 unspecified atom stereocenters. The van der Waals surface area contributed by atoms with Gasteiger partial charge in [-0.2, -0.15) is 5.26 Å². The van der Waals surface area contributed by atoms with Crippen LogP contribution in [-0.4, -0.2) is 36.5 Å². The fraction of sp³-hybridized carbons (Fsp3) is 0.316. The lowest BCUT2D eigenvalue weighted by atomic mass is 10.0. The molecule has 0 saturated carbocycles. The zero-order valence-corrected chi connectivity index (χ0v) is 14.7. The molecule has 0 aliphatic rings. The number of ether oxygens (including phenoxy) is 1. The average Bonchev–Trinajstić information content (AvgIpc) is 2.64. The van der Waals surface area contributed by atoms with Crippen LogP contribution in [0.2, 0.25) is 0 Å². The topological polar surface area (TPSA) is 78.2 Å². The lowest BCUT2D eigenvalue weighted by Gasteiger charge is -2.21. The molecular formula is C19H22N4O2. The number of nitrogens with zero attached hydrogens (tertiary/aromatic N) is 3. The van der Waals surface area contributed by atoms with Crippen molar-refractivity contribution in [2.75, 3.05) is 26.0 Å². The van der Waals surface area contributed by atoms with Gasteiger partial charge in [0.1, 0.15) is 23.3 Å². The van der Waals surface area contributed by atoms with Gasteiger partial charge in [0.2, 0.25) is 0 Å². The number of carbonyl (C=O) groups is 1. The molecule has 0 aliphatic carbocycles. The third kappa shape index (κ3) is 4.95. The summed E-state index contributed by atoms with van der Waals surface area (Å²) >= 11 is 0. The fourth-order valence-corrected chi connectivity index (χ4v) is 2.32. The number of likely N-dealkylation sites (N-methyl/N-ethyl adjacent to an activating group) is 1. The van der Waals surface area contributed by atoms with Crippen molar-refractivity contribution in [2.45, 2.75) is 19.4 Å². The van der Waals surface area contributed by atoms with Gasteiger partial charge >= 0.3 is 0 Å². The van der Waals surface area contributed by atoms with Crippen LogP contribution in [0.15, 0.2) is 42.5 Å². The summed E-state index contributed by atoms with van der Waals surface area (Å²) in [5.41, 5.74) is 1.31. The fourth-order valence-electron chi connectivity index (χ4n) is 2.32. The van der Waals surface area contributed by atoms with Gasteiger partial charge in [-0.05, 0) is 24.6 Å². The van der Waals surface area contributed by atoms with Crippen molar-refractivity contribution in [3.05, 3.63) is 53.7 Å². The summed E-state index contributed by atoms with van der Waals surface area (Å²) in [6.45, 7) is 2.04. The predicted octanol–water partition coefficient (Wildman–Crippen LogP) is 2.98. The van der Waals surface area contributed by atoms with E-state index in [0.29, 0.717) is 17.3 Å². The van der Waals surface area contributed by atoms with Crippen molar-refractivity contribution < 1.29 is 9.53 Å². The molecule has 25 heavy (non-hydrogen) atoms. The summed E-state index contributed by atoms with van der Waals surface area (Å²) in [7, 11) is 3.39. The second kappa shape index (κ2) is 8.69. The first kappa shape index (κ1) is 18.3. The van der Waals surface area contributed by atoms with Crippen molar-refractivity contribution in [3.8, 4) is 11.8 Å². The molecule has 2 rings (SSSR count). The maximum Gasteiger partial charge on any atom is 0.259 e. The van der Waals surface area contributed by atoms with Crippen LogP contribution in [0.4, 0.5) is 5.82 Å². The van der Waals surface area contributed by atoms with E-state index >= 15 is 0 Å². The molecule has 1 N–H and O–H groups in total. The number of benzene rings is 1. The van der Waals surface area contributed by atoms with E-state index < -0.39 is 0 Å². The summed E-state index contributed by atoms with van der Waals surface area (Å²) < 4.78 is 5.72. The van der Waals surface area contributed by atoms with Crippen LogP contribution >= 0.6 is 0 Å². The van der Waals surface area contributed by atoms with E-state index in [4.69, 9.17) is 10.00 Å². The summed E-state index contributed by atoms with van der Waals surface area (Å²) in [4.78, 5) is 17.5. The van der Waals surface area contributed by atoms with Crippen LogP contribution in [-0.2, 0) is 4.79 Å². The Bertz CT molecular complexity index is 768. The minimum atomic E-state index is -0.0980. The molecule has 1 heterocycles. The van der Waals surface area contributed by atoms with E-state index in [0.717, 1.165) is 12.0 Å². The first-order valence-electron chi connectivity index (χ1n) is 8.10. The average molecular weight is 338 g/mol. The summed E-state index contributed by atoms with van der Waals surface area (Å²) in [5.74, 6) is 1.19. The number of carbonyl (C=O) groups excluding carboxylic acids is 1. The maximum absolute atomic E-state index is 11.8. The van der Waals surface area contributed by atoms with Crippen molar-refractivity contribution in [1.82, 2.24) is 9.88 Å². The van der Waals surface area contributed by atoms with Crippen molar-refractivity contribution >= 4 is 11.7 Å². The van der Waals surface area contributed by atoms with Gasteiger partial charge in [0.15, 0.2) is 6.61 Å². The second-order valence-corrected chi connectivity index (χ2v) is 5.74. The molecule has 0 spiro atoms. The van der Waals surface area contributed by atoms with Crippen LogP contribution in [0.5, 0.6) is 5.75 Å². The second-order valence-electron chi connectivity index (χ2n) is 5.74.